The van der Waals surface area contributed by atoms with E-state index in [4.69, 9.17) is 4.74 Å². The Bertz CT molecular complexity index is 1400. The number of benzene rings is 2. The zero-order valence-electron chi connectivity index (χ0n) is 18.2. The van der Waals surface area contributed by atoms with Crippen LogP contribution in [0.4, 0.5) is 5.95 Å². The number of aromatic amines is 1. The minimum absolute atomic E-state index is 0.000911. The predicted molar refractivity (Wildman–Crippen MR) is 126 cm³/mol. The van der Waals surface area contributed by atoms with E-state index in [1.807, 2.05) is 61.5 Å². The van der Waals surface area contributed by atoms with Gasteiger partial charge in [-0.2, -0.15) is 10.1 Å². The Morgan fingerprint density at radius 3 is 2.67 bits per heavy atom. The lowest BCUT2D eigenvalue weighted by Crippen LogP contribution is -2.30. The van der Waals surface area contributed by atoms with E-state index < -0.39 is 17.4 Å². The van der Waals surface area contributed by atoms with E-state index in [0.29, 0.717) is 5.75 Å². The molecule has 0 saturated carbocycles. The summed E-state index contributed by atoms with van der Waals surface area (Å²) < 4.78 is 8.46. The third-order valence-electron chi connectivity index (χ3n) is 5.10. The average Bonchev–Trinajstić information content (AvgIpc) is 3.16. The molecule has 0 spiro atoms. The van der Waals surface area contributed by atoms with Gasteiger partial charge < -0.3 is 14.4 Å². The number of aromatic nitrogens is 4. The number of ether oxygens (including phenoxy) is 1. The molecule has 0 aliphatic carbocycles. The van der Waals surface area contributed by atoms with Crippen molar-refractivity contribution < 1.29 is 9.84 Å². The number of fused-ring (bicyclic) bond motifs is 1. The van der Waals surface area contributed by atoms with Gasteiger partial charge in [0.2, 0.25) is 5.95 Å². The number of H-pyrrole nitrogens is 1. The Kier molecular flexibility index (Phi) is 6.36. The van der Waals surface area contributed by atoms with Gasteiger partial charge in [0.25, 0.3) is 5.56 Å². The van der Waals surface area contributed by atoms with Crippen molar-refractivity contribution in [2.45, 2.75) is 19.6 Å². The number of para-hydroxylation sites is 1. The number of hydrogen-bond donors (Lipinski definition) is 3. The molecule has 2 aromatic carbocycles. The maximum absolute atomic E-state index is 12.6. The molecule has 0 amide bonds. The van der Waals surface area contributed by atoms with Crippen LogP contribution in [0, 0.1) is 6.92 Å². The van der Waals surface area contributed by atoms with E-state index >= 15 is 0 Å². The number of nitrogens with zero attached hydrogens (tertiary/aromatic N) is 4. The van der Waals surface area contributed by atoms with Crippen LogP contribution in [0.2, 0.25) is 0 Å². The van der Waals surface area contributed by atoms with Crippen molar-refractivity contribution >= 4 is 23.3 Å². The summed E-state index contributed by atoms with van der Waals surface area (Å²) >= 11 is 0. The molecule has 0 unspecified atom stereocenters. The van der Waals surface area contributed by atoms with Crippen LogP contribution < -0.4 is 21.4 Å². The molecule has 4 aromatic rings. The first-order chi connectivity index (χ1) is 15.9. The molecule has 0 fully saturated rings. The Balaban J connectivity index is 1.63. The highest BCUT2D eigenvalue weighted by atomic mass is 16.5. The smallest absolute Gasteiger partial charge is 0.329 e. The second-order valence-corrected chi connectivity index (χ2v) is 7.55. The first-order valence-corrected chi connectivity index (χ1v) is 10.3. The van der Waals surface area contributed by atoms with Crippen molar-refractivity contribution in [2.75, 3.05) is 12.0 Å². The monoisotopic (exact) mass is 448 g/mol. The number of hydrazone groups is 1. The summed E-state index contributed by atoms with van der Waals surface area (Å²) in [6, 6.07) is 16.9. The summed E-state index contributed by atoms with van der Waals surface area (Å²) in [5.41, 5.74) is 3.76. The number of anilines is 1. The van der Waals surface area contributed by atoms with Gasteiger partial charge in [0, 0.05) is 7.05 Å². The second-order valence-electron chi connectivity index (χ2n) is 7.55. The zero-order valence-corrected chi connectivity index (χ0v) is 18.2. The molecule has 0 aliphatic heterocycles. The van der Waals surface area contributed by atoms with Crippen LogP contribution in [-0.2, 0) is 13.6 Å². The summed E-state index contributed by atoms with van der Waals surface area (Å²) in [7, 11) is 1.51. The molecule has 3 N–H and O–H groups in total. The minimum atomic E-state index is -0.961. The van der Waals surface area contributed by atoms with Crippen molar-refractivity contribution in [1.82, 2.24) is 19.1 Å². The van der Waals surface area contributed by atoms with Gasteiger partial charge in [-0.3, -0.25) is 14.3 Å². The largest absolute Gasteiger partial charge is 0.491 e. The molecule has 4 rings (SSSR count). The molecular formula is C23H24N6O4. The summed E-state index contributed by atoms with van der Waals surface area (Å²) in [5.74, 6) is 0.872. The molecule has 0 aliphatic rings. The normalized spacial score (nSPS) is 12.3. The van der Waals surface area contributed by atoms with Crippen molar-refractivity contribution in [2.24, 2.45) is 12.1 Å². The van der Waals surface area contributed by atoms with Crippen LogP contribution in [-0.4, -0.2) is 43.1 Å². The lowest BCUT2D eigenvalue weighted by atomic mass is 10.2. The molecule has 0 saturated heterocycles. The average molecular weight is 448 g/mol. The minimum Gasteiger partial charge on any atom is -0.491 e. The number of aliphatic hydroxyl groups excluding tert-OH is 1. The van der Waals surface area contributed by atoms with Gasteiger partial charge in [0.05, 0.1) is 12.8 Å². The van der Waals surface area contributed by atoms with Gasteiger partial charge in [0.1, 0.15) is 18.5 Å². The number of rotatable bonds is 8. The fraction of sp³-hybridized carbons (Fsp3) is 0.217. The molecule has 170 valence electrons. The second kappa shape index (κ2) is 9.53. The standard InChI is InChI=1S/C23H24N6O4/c1-15-8-6-7-11-18(15)33-14-17(30)13-29-19-20(28(2)23(32)26-21(19)31)25-22(29)27-24-12-16-9-4-3-5-10-16/h3-12,17,30H,13-14H2,1-2H3,(H,25,27)(H,26,31,32)/b24-12-/t17-/m1/s1. The summed E-state index contributed by atoms with van der Waals surface area (Å²) in [6.07, 6.45) is 0.641. The molecule has 2 aromatic heterocycles. The summed E-state index contributed by atoms with van der Waals surface area (Å²) in [4.78, 5) is 31.3. The zero-order chi connectivity index (χ0) is 23.4. The number of nitrogens with one attached hydrogen (secondary N) is 2. The van der Waals surface area contributed by atoms with Crippen molar-refractivity contribution in [1.29, 1.82) is 0 Å². The summed E-state index contributed by atoms with van der Waals surface area (Å²) in [6.45, 7) is 1.91. The molecule has 0 bridgehead atoms. The fourth-order valence-corrected chi connectivity index (χ4v) is 3.37. The van der Waals surface area contributed by atoms with E-state index in [-0.39, 0.29) is 30.3 Å². The molecule has 33 heavy (non-hydrogen) atoms. The van der Waals surface area contributed by atoms with Crippen LogP contribution in [0.5, 0.6) is 5.75 Å². The Labute approximate surface area is 188 Å². The van der Waals surface area contributed by atoms with Gasteiger partial charge in [-0.25, -0.2) is 10.2 Å². The lowest BCUT2D eigenvalue weighted by Gasteiger charge is -2.16. The quantitative estimate of drug-likeness (QED) is 0.278. The SMILES string of the molecule is Cc1ccccc1OC[C@H](O)Cn1c(N/N=C\c2ccccc2)nc2c1c(=O)[nH]c(=O)n2C. The highest BCUT2D eigenvalue weighted by Gasteiger charge is 2.20. The van der Waals surface area contributed by atoms with Crippen LogP contribution in [0.3, 0.4) is 0 Å². The predicted octanol–water partition coefficient (Wildman–Crippen LogP) is 1.62. The van der Waals surface area contributed by atoms with Gasteiger partial charge in [-0.15, -0.1) is 0 Å². The number of aliphatic hydroxyl groups is 1. The van der Waals surface area contributed by atoms with Gasteiger partial charge in [0.15, 0.2) is 11.2 Å². The summed E-state index contributed by atoms with van der Waals surface area (Å²) in [5, 5.41) is 14.8. The van der Waals surface area contributed by atoms with E-state index in [0.717, 1.165) is 11.1 Å². The van der Waals surface area contributed by atoms with E-state index in [2.05, 4.69) is 20.5 Å². The number of imidazole rings is 1. The molecule has 0 radical (unpaired) electrons. The van der Waals surface area contributed by atoms with Crippen molar-refractivity contribution in [3.63, 3.8) is 0 Å². The molecule has 10 heteroatoms. The molecule has 1 atom stereocenters. The Morgan fingerprint density at radius 2 is 1.91 bits per heavy atom. The topological polar surface area (TPSA) is 127 Å². The van der Waals surface area contributed by atoms with E-state index in [9.17, 15) is 14.7 Å². The van der Waals surface area contributed by atoms with E-state index in [1.165, 1.54) is 16.2 Å². The van der Waals surface area contributed by atoms with Crippen molar-refractivity contribution in [3.05, 3.63) is 86.6 Å². The number of hydrogen-bond acceptors (Lipinski definition) is 7. The third-order valence-corrected chi connectivity index (χ3v) is 5.10. The Hall–Kier alpha value is -4.18. The fourth-order valence-electron chi connectivity index (χ4n) is 3.37. The third kappa shape index (κ3) is 4.85. The van der Waals surface area contributed by atoms with Crippen molar-refractivity contribution in [3.8, 4) is 5.75 Å². The Morgan fingerprint density at radius 1 is 1.18 bits per heavy atom. The maximum Gasteiger partial charge on any atom is 0.329 e. The molecule has 10 nitrogen and oxygen atoms in total. The van der Waals surface area contributed by atoms with Crippen LogP contribution in [0.1, 0.15) is 11.1 Å². The van der Waals surface area contributed by atoms with Crippen LogP contribution >= 0.6 is 0 Å². The van der Waals surface area contributed by atoms with Gasteiger partial charge >= 0.3 is 5.69 Å². The first kappa shape index (κ1) is 22.0. The highest BCUT2D eigenvalue weighted by Crippen LogP contribution is 2.18. The van der Waals surface area contributed by atoms with Gasteiger partial charge in [-0.05, 0) is 24.1 Å². The highest BCUT2D eigenvalue weighted by molar-refractivity contribution is 5.80. The lowest BCUT2D eigenvalue weighted by molar-refractivity contribution is 0.0935. The van der Waals surface area contributed by atoms with Crippen LogP contribution in [0.15, 0.2) is 69.3 Å². The number of aryl methyl sites for hydroxylation is 2. The van der Waals surface area contributed by atoms with Crippen LogP contribution in [0.25, 0.3) is 11.2 Å². The first-order valence-electron chi connectivity index (χ1n) is 10.3. The molecular weight excluding hydrogens is 424 g/mol. The maximum atomic E-state index is 12.6. The molecule has 2 heterocycles. The van der Waals surface area contributed by atoms with E-state index in [1.54, 1.807) is 6.21 Å². The van der Waals surface area contributed by atoms with Gasteiger partial charge in [-0.1, -0.05) is 48.5 Å².